The Morgan fingerprint density at radius 2 is 2.12 bits per heavy atom. The summed E-state index contributed by atoms with van der Waals surface area (Å²) in [6.45, 7) is 2.41. The third-order valence-electron chi connectivity index (χ3n) is 4.23. The van der Waals surface area contributed by atoms with Crippen molar-refractivity contribution in [2.24, 2.45) is 5.14 Å². The molecular formula is C14H20N4O5S. The van der Waals surface area contributed by atoms with Gasteiger partial charge in [-0.1, -0.05) is 0 Å². The Labute approximate surface area is 140 Å². The highest BCUT2D eigenvalue weighted by molar-refractivity contribution is 7.89. The summed E-state index contributed by atoms with van der Waals surface area (Å²) in [5.74, 6) is -0.430. The lowest BCUT2D eigenvalue weighted by Crippen LogP contribution is -2.47. The van der Waals surface area contributed by atoms with E-state index < -0.39 is 31.4 Å². The van der Waals surface area contributed by atoms with E-state index in [1.165, 1.54) is 6.92 Å². The molecule has 0 spiro atoms. The molecular weight excluding hydrogens is 336 g/mol. The summed E-state index contributed by atoms with van der Waals surface area (Å²) in [5.41, 5.74) is -0.319. The van der Waals surface area contributed by atoms with E-state index in [2.05, 4.69) is 5.32 Å². The largest absolute Gasteiger partial charge is 0.337 e. The van der Waals surface area contributed by atoms with Crippen molar-refractivity contribution in [2.75, 3.05) is 20.1 Å². The van der Waals surface area contributed by atoms with Gasteiger partial charge >= 0.3 is 0 Å². The van der Waals surface area contributed by atoms with Crippen LogP contribution in [0.15, 0.2) is 17.0 Å². The molecule has 0 radical (unpaired) electrons. The molecule has 1 aromatic rings. The van der Waals surface area contributed by atoms with E-state index >= 15 is 0 Å². The van der Waals surface area contributed by atoms with Gasteiger partial charge < -0.3 is 10.2 Å². The highest BCUT2D eigenvalue weighted by atomic mass is 32.2. The average molecular weight is 356 g/mol. The van der Waals surface area contributed by atoms with Crippen molar-refractivity contribution in [3.63, 3.8) is 0 Å². The van der Waals surface area contributed by atoms with Crippen LogP contribution in [-0.4, -0.2) is 50.3 Å². The van der Waals surface area contributed by atoms with Gasteiger partial charge in [-0.3, -0.25) is 14.9 Å². The predicted molar refractivity (Wildman–Crippen MR) is 87.2 cm³/mol. The maximum absolute atomic E-state index is 12.8. The molecule has 9 nitrogen and oxygen atoms in total. The number of benzene rings is 1. The zero-order valence-electron chi connectivity index (χ0n) is 13.5. The second kappa shape index (κ2) is 6.83. The van der Waals surface area contributed by atoms with Crippen LogP contribution >= 0.6 is 0 Å². The van der Waals surface area contributed by atoms with Gasteiger partial charge in [0, 0.05) is 30.8 Å². The molecule has 2 rings (SSSR count). The van der Waals surface area contributed by atoms with E-state index in [0.29, 0.717) is 13.1 Å². The van der Waals surface area contributed by atoms with E-state index in [4.69, 9.17) is 5.14 Å². The number of nitrogens with two attached hydrogens (primary N) is 1. The van der Waals surface area contributed by atoms with Gasteiger partial charge in [0.05, 0.1) is 15.4 Å². The van der Waals surface area contributed by atoms with Crippen LogP contribution in [0.3, 0.4) is 0 Å². The van der Waals surface area contributed by atoms with Crippen LogP contribution in [0, 0.1) is 17.0 Å². The van der Waals surface area contributed by atoms with E-state index in [0.717, 1.165) is 25.0 Å². The first-order valence-corrected chi connectivity index (χ1v) is 8.98. The number of carbonyl (C=O) groups excluding carboxylic acids is 1. The Bertz CT molecular complexity index is 778. The number of piperidine rings is 1. The van der Waals surface area contributed by atoms with Crippen molar-refractivity contribution in [3.05, 3.63) is 33.4 Å². The van der Waals surface area contributed by atoms with Crippen molar-refractivity contribution < 1.29 is 18.1 Å². The Hall–Kier alpha value is -2.04. The number of likely N-dealkylation sites (tertiary alicyclic amines) is 1. The molecule has 3 N–H and O–H groups in total. The zero-order valence-corrected chi connectivity index (χ0v) is 14.3. The van der Waals surface area contributed by atoms with Crippen molar-refractivity contribution >= 4 is 21.6 Å². The highest BCUT2D eigenvalue weighted by Gasteiger charge is 2.29. The van der Waals surface area contributed by atoms with E-state index in [1.807, 2.05) is 0 Å². The van der Waals surface area contributed by atoms with Gasteiger partial charge in [-0.05, 0) is 32.9 Å². The van der Waals surface area contributed by atoms with Crippen LogP contribution < -0.4 is 10.5 Å². The van der Waals surface area contributed by atoms with Crippen LogP contribution in [0.1, 0.15) is 28.8 Å². The molecule has 10 heteroatoms. The van der Waals surface area contributed by atoms with Gasteiger partial charge in [-0.2, -0.15) is 0 Å². The molecule has 1 aliphatic rings. The first kappa shape index (κ1) is 18.3. The van der Waals surface area contributed by atoms with Crippen molar-refractivity contribution in [2.45, 2.75) is 30.7 Å². The number of primary sulfonamides is 1. The summed E-state index contributed by atoms with van der Waals surface area (Å²) >= 11 is 0. The van der Waals surface area contributed by atoms with Crippen LogP contribution in [0.4, 0.5) is 5.69 Å². The molecule has 132 valence electrons. The third-order valence-corrected chi connectivity index (χ3v) is 5.12. The third kappa shape index (κ3) is 3.71. The maximum Gasteiger partial charge on any atom is 0.274 e. The van der Waals surface area contributed by atoms with Crippen molar-refractivity contribution in [3.8, 4) is 0 Å². The summed E-state index contributed by atoms with van der Waals surface area (Å²) in [6.07, 6.45) is 1.73. The fourth-order valence-corrected chi connectivity index (χ4v) is 3.37. The molecule has 24 heavy (non-hydrogen) atoms. The number of nitro groups is 1. The quantitative estimate of drug-likeness (QED) is 0.591. The Morgan fingerprint density at radius 3 is 2.67 bits per heavy atom. The summed E-state index contributed by atoms with van der Waals surface area (Å²) in [4.78, 5) is 24.4. The number of rotatable bonds is 4. The molecule has 0 aliphatic carbocycles. The van der Waals surface area contributed by atoms with E-state index in [-0.39, 0.29) is 17.2 Å². The lowest BCUT2D eigenvalue weighted by Gasteiger charge is -2.33. The van der Waals surface area contributed by atoms with Crippen LogP contribution in [0.25, 0.3) is 0 Å². The lowest BCUT2D eigenvalue weighted by molar-refractivity contribution is -0.385. The van der Waals surface area contributed by atoms with Gasteiger partial charge in [0.25, 0.3) is 11.6 Å². The number of carbonyl (C=O) groups is 1. The van der Waals surface area contributed by atoms with Gasteiger partial charge in [0.15, 0.2) is 0 Å². The molecule has 1 amide bonds. The number of nitro benzene ring substituents is 1. The molecule has 1 heterocycles. The Kier molecular flexibility index (Phi) is 5.21. The normalized spacial score (nSPS) is 18.5. The average Bonchev–Trinajstić information content (AvgIpc) is 2.53. The predicted octanol–water partition coefficient (Wildman–Crippen LogP) is 0.375. The SMILES string of the molecule is CNC1CCCN(C(=O)c2cc(S(N)(=O)=O)cc([N+](=O)[O-])c2C)C1. The highest BCUT2D eigenvalue weighted by Crippen LogP contribution is 2.27. The second-order valence-electron chi connectivity index (χ2n) is 5.80. The summed E-state index contributed by atoms with van der Waals surface area (Å²) in [6, 6.07) is 2.14. The topological polar surface area (TPSA) is 136 Å². The fraction of sp³-hybridized carbons (Fsp3) is 0.500. The molecule has 1 aliphatic heterocycles. The summed E-state index contributed by atoms with van der Waals surface area (Å²) < 4.78 is 23.2. The molecule has 0 aromatic heterocycles. The van der Waals surface area contributed by atoms with Crippen LogP contribution in [0.2, 0.25) is 0 Å². The smallest absolute Gasteiger partial charge is 0.274 e. The molecule has 1 unspecified atom stereocenters. The number of sulfonamides is 1. The van der Waals surface area contributed by atoms with E-state index in [9.17, 15) is 23.3 Å². The molecule has 0 bridgehead atoms. The lowest BCUT2D eigenvalue weighted by atomic mass is 10.0. The zero-order chi connectivity index (χ0) is 18.1. The Balaban J connectivity index is 2.50. The maximum atomic E-state index is 12.8. The molecule has 1 atom stereocenters. The number of likely N-dealkylation sites (N-methyl/N-ethyl adjacent to an activating group) is 1. The first-order chi connectivity index (χ1) is 11.1. The molecule has 1 fully saturated rings. The number of hydrogen-bond donors (Lipinski definition) is 2. The summed E-state index contributed by atoms with van der Waals surface area (Å²) in [5, 5.41) is 19.4. The second-order valence-corrected chi connectivity index (χ2v) is 7.36. The van der Waals surface area contributed by atoms with Crippen LogP contribution in [-0.2, 0) is 10.0 Å². The molecule has 0 saturated carbocycles. The minimum absolute atomic E-state index is 0.00928. The molecule has 1 aromatic carbocycles. The Morgan fingerprint density at radius 1 is 1.46 bits per heavy atom. The standard InChI is InChI=1S/C14H20N4O5S/c1-9-12(14(19)17-5-3-4-10(8-17)16-2)6-11(24(15,22)23)7-13(9)18(20)21/h6-7,10,16H,3-5,8H2,1-2H3,(H2,15,22,23). The number of nitrogens with one attached hydrogen (secondary N) is 1. The van der Waals surface area contributed by atoms with Crippen molar-refractivity contribution in [1.29, 1.82) is 0 Å². The van der Waals surface area contributed by atoms with Crippen LogP contribution in [0.5, 0.6) is 0 Å². The number of hydrogen-bond acceptors (Lipinski definition) is 6. The first-order valence-electron chi connectivity index (χ1n) is 7.43. The minimum atomic E-state index is -4.17. The van der Waals surface area contributed by atoms with Gasteiger partial charge in [0.2, 0.25) is 10.0 Å². The van der Waals surface area contributed by atoms with Gasteiger partial charge in [0.1, 0.15) is 0 Å². The number of nitrogens with zero attached hydrogens (tertiary/aromatic N) is 2. The van der Waals surface area contributed by atoms with E-state index in [1.54, 1.807) is 11.9 Å². The minimum Gasteiger partial charge on any atom is -0.337 e. The molecule has 1 saturated heterocycles. The van der Waals surface area contributed by atoms with Gasteiger partial charge in [-0.15, -0.1) is 0 Å². The number of amides is 1. The van der Waals surface area contributed by atoms with Crippen molar-refractivity contribution in [1.82, 2.24) is 10.2 Å². The fourth-order valence-electron chi connectivity index (χ4n) is 2.82. The summed E-state index contributed by atoms with van der Waals surface area (Å²) in [7, 11) is -2.36. The monoisotopic (exact) mass is 356 g/mol. The van der Waals surface area contributed by atoms with Gasteiger partial charge in [-0.25, -0.2) is 13.6 Å².